The first-order valence-electron chi connectivity index (χ1n) is 24.1. The van der Waals surface area contributed by atoms with Gasteiger partial charge in [0, 0.05) is 41.9 Å². The van der Waals surface area contributed by atoms with Gasteiger partial charge in [0.25, 0.3) is 11.8 Å². The molecule has 1 aromatic heterocycles. The van der Waals surface area contributed by atoms with Gasteiger partial charge in [-0.1, -0.05) is 187 Å². The van der Waals surface area contributed by atoms with E-state index in [9.17, 15) is 14.4 Å². The number of aromatic nitrogens is 1. The third-order valence-electron chi connectivity index (χ3n) is 12.7. The molecule has 6 aromatic carbocycles. The van der Waals surface area contributed by atoms with E-state index in [2.05, 4.69) is 47.0 Å². The van der Waals surface area contributed by atoms with Crippen molar-refractivity contribution >= 4 is 57.7 Å². The van der Waals surface area contributed by atoms with E-state index in [1.54, 1.807) is 26.2 Å². The number of rotatable bonds is 18. The summed E-state index contributed by atoms with van der Waals surface area (Å²) in [6.45, 7) is 6.52. The van der Waals surface area contributed by atoms with Crippen LogP contribution in [0, 0.1) is 5.41 Å². The normalized spacial score (nSPS) is 16.3. The van der Waals surface area contributed by atoms with Crippen molar-refractivity contribution in [1.29, 1.82) is 0 Å². The topological polar surface area (TPSA) is 158 Å². The van der Waals surface area contributed by atoms with Gasteiger partial charge < -0.3 is 29.7 Å². The van der Waals surface area contributed by atoms with Crippen molar-refractivity contribution < 1.29 is 38.2 Å². The van der Waals surface area contributed by atoms with Crippen LogP contribution in [0.2, 0.25) is 0 Å². The maximum Gasteiger partial charge on any atom is 0.358 e. The van der Waals surface area contributed by atoms with E-state index in [0.717, 1.165) is 33.4 Å². The second-order valence-electron chi connectivity index (χ2n) is 18.7. The summed E-state index contributed by atoms with van der Waals surface area (Å²) in [4.78, 5) is 69.6. The number of amides is 2. The Labute approximate surface area is 438 Å². The van der Waals surface area contributed by atoms with Crippen LogP contribution in [0.4, 0.5) is 5.13 Å². The lowest BCUT2D eigenvalue weighted by molar-refractivity contribution is -0.190. The molecule has 1 fully saturated rings. The highest BCUT2D eigenvalue weighted by molar-refractivity contribution is 8.00. The molecule has 15 heteroatoms. The molecule has 7 aromatic rings. The molecule has 2 unspecified atom stereocenters. The number of carbonyl (C=O) groups excluding carboxylic acids is 4. The molecule has 0 bridgehead atoms. The minimum atomic E-state index is -1.38. The predicted octanol–water partition coefficient (Wildman–Crippen LogP) is 10.0. The first-order chi connectivity index (χ1) is 35.8. The lowest BCUT2D eigenvalue weighted by Crippen LogP contribution is -2.71. The van der Waals surface area contributed by atoms with E-state index in [1.165, 1.54) is 42.0 Å². The van der Waals surface area contributed by atoms with Gasteiger partial charge >= 0.3 is 11.9 Å². The number of methoxy groups -OCH3 is 1. The summed E-state index contributed by atoms with van der Waals surface area (Å²) >= 11 is 2.64. The molecule has 2 N–H and O–H groups in total. The van der Waals surface area contributed by atoms with E-state index >= 15 is 4.79 Å². The molecule has 3 heterocycles. The number of hydrogen-bond acceptors (Lipinski definition) is 13. The SMILES string of the molecule is COCC1=C(C(=O)OC(C)OC(=O)C(C)(C)C)N2C(=O)C(NC(=O)C(=NOC(c3ccccc3)(c3ccccc3)c3ccccc3)c3csc(NC(c4ccccc4)(c4ccccc4)c4ccccc4)n3)[C@@H]2SC1. The van der Waals surface area contributed by atoms with Crippen LogP contribution >= 0.6 is 23.1 Å². The van der Waals surface area contributed by atoms with Crippen molar-refractivity contribution in [2.24, 2.45) is 10.6 Å². The third kappa shape index (κ3) is 10.2. The zero-order valence-corrected chi connectivity index (χ0v) is 43.1. The number of benzene rings is 6. The van der Waals surface area contributed by atoms with Crippen molar-refractivity contribution in [2.75, 3.05) is 24.8 Å². The van der Waals surface area contributed by atoms with E-state index in [4.69, 9.17) is 29.2 Å². The summed E-state index contributed by atoms with van der Waals surface area (Å²) in [6, 6.07) is 58.1. The zero-order chi connectivity index (χ0) is 51.9. The summed E-state index contributed by atoms with van der Waals surface area (Å²) in [7, 11) is 1.48. The molecule has 2 aliphatic rings. The first kappa shape index (κ1) is 51.1. The Morgan fingerprint density at radius 3 is 1.61 bits per heavy atom. The van der Waals surface area contributed by atoms with Crippen molar-refractivity contribution in [2.45, 2.75) is 56.5 Å². The summed E-state index contributed by atoms with van der Waals surface area (Å²) in [6.07, 6.45) is -1.25. The number of nitrogens with one attached hydrogen (secondary N) is 2. The molecule has 13 nitrogen and oxygen atoms in total. The lowest BCUT2D eigenvalue weighted by atomic mass is 9.77. The monoisotopic (exact) mass is 1030 g/mol. The first-order valence-corrected chi connectivity index (χ1v) is 26.0. The maximum absolute atomic E-state index is 15.2. The second-order valence-corrected chi connectivity index (χ2v) is 20.7. The number of β-lactam (4-membered cyclic amide) rings is 1. The van der Waals surface area contributed by atoms with E-state index < -0.39 is 58.0 Å². The Morgan fingerprint density at radius 2 is 1.16 bits per heavy atom. The summed E-state index contributed by atoms with van der Waals surface area (Å²) in [5, 5.41) is 13.0. The van der Waals surface area contributed by atoms with Gasteiger partial charge in [-0.05, 0) is 43.0 Å². The molecule has 3 atom stereocenters. The number of nitrogens with zero attached hydrogens (tertiary/aromatic N) is 3. The van der Waals surface area contributed by atoms with Crippen LogP contribution in [0.1, 0.15) is 66.8 Å². The van der Waals surface area contributed by atoms with Gasteiger partial charge in [0.05, 0.1) is 12.0 Å². The van der Waals surface area contributed by atoms with Crippen LogP contribution in [0.25, 0.3) is 0 Å². The van der Waals surface area contributed by atoms with Gasteiger partial charge in [-0.2, -0.15) is 0 Å². The summed E-state index contributed by atoms with van der Waals surface area (Å²) < 4.78 is 16.5. The average molecular weight is 1030 g/mol. The number of ether oxygens (including phenoxy) is 3. The van der Waals surface area contributed by atoms with Crippen LogP contribution in [0.3, 0.4) is 0 Å². The fourth-order valence-corrected chi connectivity index (χ4v) is 11.2. The number of anilines is 1. The van der Waals surface area contributed by atoms with E-state index in [1.807, 2.05) is 146 Å². The molecular formula is C59H55N5O8S2. The standard InChI is InChI=1S/C59H55N5O8S2/c1-39(71-55(68)57(2,3)4)70-54(67)50-40(36-69-5)37-73-53-49(52(66)64(50)53)61-51(65)48(63-72-59(44-30-18-9-19-31-44,45-32-20-10-21-33-45)46-34-22-11-23-35-46)47-38-74-56(60-47)62-58(41-24-12-6-13-25-41,42-26-14-7-15-27-42)43-28-16-8-17-29-43/h6-35,38-39,49,53H,36-37H2,1-5H3,(H,60,62)(H,61,65)/t39?,49?,53-/m0/s1. The van der Waals surface area contributed by atoms with Gasteiger partial charge in [-0.3, -0.25) is 19.3 Å². The van der Waals surface area contributed by atoms with Crippen molar-refractivity contribution in [3.05, 3.63) is 238 Å². The Kier molecular flexibility index (Phi) is 15.2. The Hall–Kier alpha value is -7.85. The van der Waals surface area contributed by atoms with E-state index in [0.29, 0.717) is 10.7 Å². The fraction of sp³-hybridized carbons (Fsp3) is 0.220. The van der Waals surface area contributed by atoms with Gasteiger partial charge in [0.1, 0.15) is 28.3 Å². The highest BCUT2D eigenvalue weighted by Gasteiger charge is 2.55. The number of thiazole rings is 1. The molecule has 0 aliphatic carbocycles. The lowest BCUT2D eigenvalue weighted by Gasteiger charge is -2.49. The van der Waals surface area contributed by atoms with Crippen molar-refractivity contribution in [1.82, 2.24) is 15.2 Å². The van der Waals surface area contributed by atoms with Crippen LogP contribution in [-0.4, -0.2) is 76.5 Å². The molecule has 2 amide bonds. The number of esters is 2. The van der Waals surface area contributed by atoms with E-state index in [-0.39, 0.29) is 29.5 Å². The van der Waals surface area contributed by atoms with Crippen molar-refractivity contribution in [3.63, 3.8) is 0 Å². The Balaban J connectivity index is 1.12. The molecule has 74 heavy (non-hydrogen) atoms. The number of carbonyl (C=O) groups is 4. The molecule has 9 rings (SSSR count). The van der Waals surface area contributed by atoms with Crippen LogP contribution in [-0.2, 0) is 49.4 Å². The number of oxime groups is 1. The average Bonchev–Trinajstić information content (AvgIpc) is 3.90. The number of fused-ring (bicyclic) bond motifs is 1. The highest BCUT2D eigenvalue weighted by atomic mass is 32.2. The van der Waals surface area contributed by atoms with Crippen LogP contribution in [0.5, 0.6) is 0 Å². The van der Waals surface area contributed by atoms with Crippen molar-refractivity contribution in [3.8, 4) is 0 Å². The highest BCUT2D eigenvalue weighted by Crippen LogP contribution is 2.44. The number of thioether (sulfide) groups is 1. The van der Waals surface area contributed by atoms with Gasteiger partial charge in [0.2, 0.25) is 11.9 Å². The molecule has 0 radical (unpaired) electrons. The maximum atomic E-state index is 15.2. The summed E-state index contributed by atoms with van der Waals surface area (Å²) in [5.74, 6) is -2.47. The molecule has 2 aliphatic heterocycles. The Morgan fingerprint density at radius 1 is 0.703 bits per heavy atom. The predicted molar refractivity (Wildman–Crippen MR) is 287 cm³/mol. The van der Waals surface area contributed by atoms with Gasteiger partial charge in [-0.25, -0.2) is 9.78 Å². The minimum absolute atomic E-state index is 0.0293. The molecule has 0 spiro atoms. The zero-order valence-electron chi connectivity index (χ0n) is 41.5. The third-order valence-corrected chi connectivity index (χ3v) is 14.8. The van der Waals surface area contributed by atoms with Gasteiger partial charge in [0.15, 0.2) is 10.8 Å². The second kappa shape index (κ2) is 22.1. The fourth-order valence-electron chi connectivity index (χ4n) is 9.10. The summed E-state index contributed by atoms with van der Waals surface area (Å²) in [5.41, 5.74) is 2.33. The van der Waals surface area contributed by atoms with Gasteiger partial charge in [-0.15, -0.1) is 23.1 Å². The largest absolute Gasteiger partial charge is 0.425 e. The molecule has 1 saturated heterocycles. The molecule has 376 valence electrons. The molecule has 0 saturated carbocycles. The minimum Gasteiger partial charge on any atom is -0.425 e. The number of hydrogen-bond donors (Lipinski definition) is 2. The van der Waals surface area contributed by atoms with Crippen LogP contribution in [0.15, 0.2) is 204 Å². The Bertz CT molecular complexity index is 2960. The smallest absolute Gasteiger partial charge is 0.358 e. The quantitative estimate of drug-likeness (QED) is 0.0211. The molecular weight excluding hydrogens is 971 g/mol. The van der Waals surface area contributed by atoms with Crippen LogP contribution < -0.4 is 10.6 Å².